The fourth-order valence-corrected chi connectivity index (χ4v) is 2.10. The number of rotatable bonds is 6. The molecule has 2 rings (SSSR count). The number of aliphatic carboxylic acids is 1. The van der Waals surface area contributed by atoms with E-state index >= 15 is 0 Å². The Balaban J connectivity index is 2.00. The highest BCUT2D eigenvalue weighted by Crippen LogP contribution is 2.22. The van der Waals surface area contributed by atoms with Gasteiger partial charge in [0, 0.05) is 17.1 Å². The second-order valence-corrected chi connectivity index (χ2v) is 5.50. The molecule has 0 aliphatic rings. The van der Waals surface area contributed by atoms with E-state index in [1.807, 2.05) is 24.1 Å². The lowest BCUT2D eigenvalue weighted by Gasteiger charge is -2.16. The zero-order valence-electron chi connectivity index (χ0n) is 11.9. The maximum atomic E-state index is 10.8. The van der Waals surface area contributed by atoms with Crippen molar-refractivity contribution in [2.75, 3.05) is 13.6 Å². The van der Waals surface area contributed by atoms with Gasteiger partial charge in [-0.25, -0.2) is 4.98 Å². The molecule has 1 aromatic carbocycles. The van der Waals surface area contributed by atoms with Gasteiger partial charge in [0.05, 0.1) is 18.7 Å². The van der Waals surface area contributed by atoms with Gasteiger partial charge in [0.15, 0.2) is 5.76 Å². The highest BCUT2D eigenvalue weighted by atomic mass is 35.5. The smallest absolute Gasteiger partial charge is 0.307 e. The molecule has 0 fully saturated rings. The molecule has 21 heavy (non-hydrogen) atoms. The Bertz CT molecular complexity index is 610. The average molecular weight is 309 g/mol. The molecular weight excluding hydrogens is 292 g/mol. The van der Waals surface area contributed by atoms with Crippen LogP contribution in [0, 0.1) is 5.92 Å². The number of aromatic nitrogens is 1. The molecule has 1 unspecified atom stereocenters. The zero-order valence-corrected chi connectivity index (χ0v) is 12.7. The lowest BCUT2D eigenvalue weighted by atomic mass is 10.2. The molecule has 0 aliphatic carbocycles. The first-order valence-electron chi connectivity index (χ1n) is 6.57. The third-order valence-corrected chi connectivity index (χ3v) is 3.35. The number of carboxylic acid groups (broad SMARTS) is 1. The summed E-state index contributed by atoms with van der Waals surface area (Å²) in [6.07, 6.45) is 1.66. The number of benzene rings is 1. The van der Waals surface area contributed by atoms with Crippen LogP contribution in [0.15, 0.2) is 34.9 Å². The Morgan fingerprint density at radius 2 is 2.10 bits per heavy atom. The van der Waals surface area contributed by atoms with Crippen LogP contribution in [0.3, 0.4) is 0 Å². The van der Waals surface area contributed by atoms with Crippen molar-refractivity contribution in [3.05, 3.63) is 41.4 Å². The van der Waals surface area contributed by atoms with Crippen LogP contribution in [0.5, 0.6) is 0 Å². The van der Waals surface area contributed by atoms with E-state index in [1.54, 1.807) is 25.3 Å². The van der Waals surface area contributed by atoms with Gasteiger partial charge in [0.1, 0.15) is 0 Å². The monoisotopic (exact) mass is 308 g/mol. The van der Waals surface area contributed by atoms with Gasteiger partial charge < -0.3 is 9.52 Å². The van der Waals surface area contributed by atoms with E-state index < -0.39 is 11.9 Å². The summed E-state index contributed by atoms with van der Waals surface area (Å²) in [7, 11) is 1.84. The molecular formula is C15H17ClN2O3. The topological polar surface area (TPSA) is 66.6 Å². The summed E-state index contributed by atoms with van der Waals surface area (Å²) in [5.74, 6) is -0.0156. The molecule has 0 spiro atoms. The molecule has 0 saturated heterocycles. The summed E-state index contributed by atoms with van der Waals surface area (Å²) in [5, 5.41) is 9.56. The molecule has 1 heterocycles. The second kappa shape index (κ2) is 6.74. The Morgan fingerprint density at radius 1 is 1.43 bits per heavy atom. The molecule has 5 nitrogen and oxygen atoms in total. The first kappa shape index (κ1) is 15.5. The molecule has 112 valence electrons. The molecule has 0 bridgehead atoms. The summed E-state index contributed by atoms with van der Waals surface area (Å²) in [4.78, 5) is 16.9. The van der Waals surface area contributed by atoms with Crippen molar-refractivity contribution >= 4 is 17.6 Å². The Hall–Kier alpha value is -1.85. The van der Waals surface area contributed by atoms with Gasteiger partial charge in [0.2, 0.25) is 5.89 Å². The predicted molar refractivity (Wildman–Crippen MR) is 80.1 cm³/mol. The molecule has 1 N–H and O–H groups in total. The minimum atomic E-state index is -0.809. The number of halogens is 1. The number of oxazole rings is 1. The molecule has 1 aromatic heterocycles. The molecule has 0 radical (unpaired) electrons. The number of carbonyl (C=O) groups is 1. The van der Waals surface area contributed by atoms with Crippen molar-refractivity contribution in [2.24, 2.45) is 5.92 Å². The second-order valence-electron chi connectivity index (χ2n) is 5.06. The Kier molecular flexibility index (Phi) is 4.98. The van der Waals surface area contributed by atoms with Gasteiger partial charge in [0.25, 0.3) is 0 Å². The Labute approximate surface area is 128 Å². The maximum Gasteiger partial charge on any atom is 0.307 e. The van der Waals surface area contributed by atoms with E-state index in [9.17, 15) is 4.79 Å². The molecule has 0 saturated carbocycles. The normalized spacial score (nSPS) is 12.6. The van der Waals surface area contributed by atoms with E-state index in [2.05, 4.69) is 4.98 Å². The first-order valence-corrected chi connectivity index (χ1v) is 6.95. The molecule has 1 atom stereocenters. The van der Waals surface area contributed by atoms with Crippen molar-refractivity contribution in [3.63, 3.8) is 0 Å². The lowest BCUT2D eigenvalue weighted by molar-refractivity contribution is -0.141. The van der Waals surface area contributed by atoms with Crippen LogP contribution in [0.4, 0.5) is 0 Å². The van der Waals surface area contributed by atoms with Crippen molar-refractivity contribution in [1.29, 1.82) is 0 Å². The van der Waals surface area contributed by atoms with E-state index in [0.717, 1.165) is 5.56 Å². The minimum absolute atomic E-state index is 0.430. The van der Waals surface area contributed by atoms with E-state index in [1.165, 1.54) is 0 Å². The third kappa shape index (κ3) is 4.31. The maximum absolute atomic E-state index is 10.8. The van der Waals surface area contributed by atoms with Crippen LogP contribution in [0.1, 0.15) is 12.8 Å². The van der Waals surface area contributed by atoms with Crippen LogP contribution in [0.2, 0.25) is 5.02 Å². The SMILES string of the molecule is CC(CN(C)Cc1ncc(-c2ccc(Cl)cc2)o1)C(=O)O. The van der Waals surface area contributed by atoms with Gasteiger partial charge >= 0.3 is 5.97 Å². The number of hydrogen-bond acceptors (Lipinski definition) is 4. The van der Waals surface area contributed by atoms with Crippen LogP contribution >= 0.6 is 11.6 Å². The first-order chi connectivity index (χ1) is 9.95. The fourth-order valence-electron chi connectivity index (χ4n) is 1.97. The summed E-state index contributed by atoms with van der Waals surface area (Å²) < 4.78 is 5.68. The summed E-state index contributed by atoms with van der Waals surface area (Å²) >= 11 is 5.85. The highest BCUT2D eigenvalue weighted by molar-refractivity contribution is 6.30. The van der Waals surface area contributed by atoms with Crippen molar-refractivity contribution in [2.45, 2.75) is 13.5 Å². The van der Waals surface area contributed by atoms with Crippen LogP contribution in [0.25, 0.3) is 11.3 Å². The minimum Gasteiger partial charge on any atom is -0.481 e. The molecule has 6 heteroatoms. The quantitative estimate of drug-likeness (QED) is 0.888. The van der Waals surface area contributed by atoms with E-state index in [-0.39, 0.29) is 0 Å². The summed E-state index contributed by atoms with van der Waals surface area (Å²) in [6.45, 7) is 2.58. The third-order valence-electron chi connectivity index (χ3n) is 3.09. The molecule has 0 aliphatic heterocycles. The van der Waals surface area contributed by atoms with Crippen LogP contribution < -0.4 is 0 Å². The molecule has 2 aromatic rings. The van der Waals surface area contributed by atoms with Crippen molar-refractivity contribution in [1.82, 2.24) is 9.88 Å². The number of nitrogens with zero attached hydrogens (tertiary/aromatic N) is 2. The largest absolute Gasteiger partial charge is 0.481 e. The number of carboxylic acids is 1. The predicted octanol–water partition coefficient (Wildman–Crippen LogP) is 3.15. The van der Waals surface area contributed by atoms with Crippen LogP contribution in [-0.2, 0) is 11.3 Å². The molecule has 0 amide bonds. The fraction of sp³-hybridized carbons (Fsp3) is 0.333. The van der Waals surface area contributed by atoms with Gasteiger partial charge in [-0.3, -0.25) is 9.69 Å². The van der Waals surface area contributed by atoms with Gasteiger partial charge in [-0.05, 0) is 31.3 Å². The van der Waals surface area contributed by atoms with Gasteiger partial charge in [-0.15, -0.1) is 0 Å². The van der Waals surface area contributed by atoms with Crippen molar-refractivity contribution in [3.8, 4) is 11.3 Å². The van der Waals surface area contributed by atoms with Gasteiger partial charge in [-0.2, -0.15) is 0 Å². The highest BCUT2D eigenvalue weighted by Gasteiger charge is 2.15. The zero-order chi connectivity index (χ0) is 15.4. The van der Waals surface area contributed by atoms with Gasteiger partial charge in [-0.1, -0.05) is 18.5 Å². The average Bonchev–Trinajstić information content (AvgIpc) is 2.87. The van der Waals surface area contributed by atoms with Crippen molar-refractivity contribution < 1.29 is 14.3 Å². The summed E-state index contributed by atoms with van der Waals surface area (Å²) in [6, 6.07) is 7.31. The summed E-state index contributed by atoms with van der Waals surface area (Å²) in [5.41, 5.74) is 0.903. The Morgan fingerprint density at radius 3 is 2.71 bits per heavy atom. The number of hydrogen-bond donors (Lipinski definition) is 1. The van der Waals surface area contributed by atoms with Crippen LogP contribution in [-0.4, -0.2) is 34.6 Å². The van der Waals surface area contributed by atoms with E-state index in [0.29, 0.717) is 29.8 Å². The lowest BCUT2D eigenvalue weighted by Crippen LogP contribution is -2.28. The standard InChI is InChI=1S/C15H17ClN2O3/c1-10(15(19)20)8-18(2)9-14-17-7-13(21-14)11-3-5-12(16)6-4-11/h3-7,10H,8-9H2,1-2H3,(H,19,20). The van der Waals surface area contributed by atoms with E-state index in [4.69, 9.17) is 21.1 Å².